The first-order valence-corrected chi connectivity index (χ1v) is 6.48. The fourth-order valence-corrected chi connectivity index (χ4v) is 3.28. The number of thiophene rings is 1. The van der Waals surface area contributed by atoms with Gasteiger partial charge in [0.1, 0.15) is 0 Å². The Kier molecular flexibility index (Phi) is 3.44. The van der Waals surface area contributed by atoms with Crippen molar-refractivity contribution in [3.8, 4) is 0 Å². The highest BCUT2D eigenvalue weighted by Gasteiger charge is 2.24. The molecule has 2 rings (SSSR count). The monoisotopic (exact) mass is 225 g/mol. The molecule has 15 heavy (non-hydrogen) atoms. The lowest BCUT2D eigenvalue weighted by molar-refractivity contribution is 0.113. The van der Waals surface area contributed by atoms with E-state index in [4.69, 9.17) is 0 Å². The van der Waals surface area contributed by atoms with E-state index in [1.165, 1.54) is 22.6 Å². The zero-order chi connectivity index (χ0) is 10.8. The summed E-state index contributed by atoms with van der Waals surface area (Å²) in [4.78, 5) is 2.55. The average Bonchev–Trinajstić information content (AvgIpc) is 2.58. The summed E-state index contributed by atoms with van der Waals surface area (Å²) in [6.45, 7) is 5.24. The molecule has 0 radical (unpaired) electrons. The zero-order valence-corrected chi connectivity index (χ0v) is 10.2. The fraction of sp³-hybridized carbons (Fsp3) is 0.667. The molecule has 3 heteroatoms. The molecule has 1 aliphatic heterocycles. The van der Waals surface area contributed by atoms with E-state index in [-0.39, 0.29) is 12.1 Å². The second-order valence-electron chi connectivity index (χ2n) is 4.37. The molecular weight excluding hydrogens is 206 g/mol. The van der Waals surface area contributed by atoms with Crippen molar-refractivity contribution in [1.82, 2.24) is 5.32 Å². The lowest BCUT2D eigenvalue weighted by atomic mass is 9.95. The second-order valence-corrected chi connectivity index (χ2v) is 5.83. The number of piperidine rings is 1. The summed E-state index contributed by atoms with van der Waals surface area (Å²) in [5, 5.41) is 13.7. The molecule has 1 aromatic rings. The van der Waals surface area contributed by atoms with Gasteiger partial charge in [0.15, 0.2) is 0 Å². The molecule has 1 saturated heterocycles. The minimum atomic E-state index is -0.324. The van der Waals surface area contributed by atoms with Crippen molar-refractivity contribution in [3.63, 3.8) is 0 Å². The Bertz CT molecular complexity index is 328. The van der Waals surface area contributed by atoms with Gasteiger partial charge in [-0.15, -0.1) is 11.3 Å². The minimum Gasteiger partial charge on any atom is -0.387 e. The van der Waals surface area contributed by atoms with Gasteiger partial charge in [-0.25, -0.2) is 0 Å². The topological polar surface area (TPSA) is 32.3 Å². The molecule has 84 valence electrons. The summed E-state index contributed by atoms with van der Waals surface area (Å²) in [5.41, 5.74) is 1.12. The first-order chi connectivity index (χ1) is 7.18. The SMILES string of the molecule is Cc1cc(C(O)C2CCCCN2)c(C)s1. The van der Waals surface area contributed by atoms with Crippen LogP contribution in [0.3, 0.4) is 0 Å². The van der Waals surface area contributed by atoms with Crippen LogP contribution in [0.15, 0.2) is 6.07 Å². The Labute approximate surface area is 95.3 Å². The molecular formula is C12H19NOS. The summed E-state index contributed by atoms with van der Waals surface area (Å²) in [7, 11) is 0. The molecule has 0 spiro atoms. The quantitative estimate of drug-likeness (QED) is 0.810. The third-order valence-corrected chi connectivity index (χ3v) is 4.11. The van der Waals surface area contributed by atoms with Crippen LogP contribution in [0.4, 0.5) is 0 Å². The molecule has 0 bridgehead atoms. The van der Waals surface area contributed by atoms with Gasteiger partial charge in [0.25, 0.3) is 0 Å². The predicted molar refractivity (Wildman–Crippen MR) is 64.4 cm³/mol. The lowest BCUT2D eigenvalue weighted by Crippen LogP contribution is -2.38. The molecule has 0 amide bonds. The van der Waals surface area contributed by atoms with E-state index in [2.05, 4.69) is 25.2 Å². The third-order valence-electron chi connectivity index (χ3n) is 3.13. The Morgan fingerprint density at radius 1 is 1.47 bits per heavy atom. The maximum Gasteiger partial charge on any atom is 0.0953 e. The van der Waals surface area contributed by atoms with Crippen molar-refractivity contribution in [2.24, 2.45) is 0 Å². The number of hydrogen-bond donors (Lipinski definition) is 2. The Hall–Kier alpha value is -0.380. The number of aliphatic hydroxyl groups excluding tert-OH is 1. The van der Waals surface area contributed by atoms with Crippen LogP contribution in [0.2, 0.25) is 0 Å². The Morgan fingerprint density at radius 3 is 2.80 bits per heavy atom. The summed E-state index contributed by atoms with van der Waals surface area (Å²) in [6.07, 6.45) is 3.24. The average molecular weight is 225 g/mol. The van der Waals surface area contributed by atoms with E-state index in [0.29, 0.717) is 0 Å². The van der Waals surface area contributed by atoms with Crippen LogP contribution in [0.25, 0.3) is 0 Å². The van der Waals surface area contributed by atoms with E-state index in [1.807, 2.05) is 0 Å². The van der Waals surface area contributed by atoms with Crippen molar-refractivity contribution < 1.29 is 5.11 Å². The number of hydrogen-bond acceptors (Lipinski definition) is 3. The van der Waals surface area contributed by atoms with Gasteiger partial charge in [0.05, 0.1) is 6.10 Å². The van der Waals surface area contributed by atoms with Crippen molar-refractivity contribution in [3.05, 3.63) is 21.4 Å². The minimum absolute atomic E-state index is 0.256. The molecule has 2 N–H and O–H groups in total. The largest absolute Gasteiger partial charge is 0.387 e. The maximum absolute atomic E-state index is 10.3. The van der Waals surface area contributed by atoms with Gasteiger partial charge < -0.3 is 10.4 Å². The normalized spacial score (nSPS) is 24.1. The molecule has 2 heterocycles. The van der Waals surface area contributed by atoms with E-state index in [1.54, 1.807) is 11.3 Å². The van der Waals surface area contributed by atoms with Gasteiger partial charge in [-0.2, -0.15) is 0 Å². The zero-order valence-electron chi connectivity index (χ0n) is 9.42. The van der Waals surface area contributed by atoms with Gasteiger partial charge in [0.2, 0.25) is 0 Å². The molecule has 2 atom stereocenters. The first-order valence-electron chi connectivity index (χ1n) is 5.67. The number of aliphatic hydroxyl groups is 1. The van der Waals surface area contributed by atoms with Crippen LogP contribution < -0.4 is 5.32 Å². The summed E-state index contributed by atoms with van der Waals surface area (Å²) >= 11 is 1.77. The van der Waals surface area contributed by atoms with Gasteiger partial charge in [0, 0.05) is 15.8 Å². The Morgan fingerprint density at radius 2 is 2.27 bits per heavy atom. The predicted octanol–water partition coefficient (Wildman–Crippen LogP) is 2.54. The molecule has 1 fully saturated rings. The molecule has 0 aromatic carbocycles. The fourth-order valence-electron chi connectivity index (χ4n) is 2.31. The van der Waals surface area contributed by atoms with E-state index in [9.17, 15) is 5.11 Å². The van der Waals surface area contributed by atoms with E-state index < -0.39 is 0 Å². The number of nitrogens with one attached hydrogen (secondary N) is 1. The summed E-state index contributed by atoms with van der Waals surface area (Å²) in [6, 6.07) is 2.38. The standard InChI is InChI=1S/C12H19NOS/c1-8-7-10(9(2)15-8)12(14)11-5-3-4-6-13-11/h7,11-14H,3-6H2,1-2H3. The van der Waals surface area contributed by atoms with Crippen LogP contribution in [0, 0.1) is 13.8 Å². The smallest absolute Gasteiger partial charge is 0.0953 e. The van der Waals surface area contributed by atoms with Gasteiger partial charge in [-0.1, -0.05) is 6.42 Å². The molecule has 1 aliphatic rings. The van der Waals surface area contributed by atoms with Gasteiger partial charge >= 0.3 is 0 Å². The van der Waals surface area contributed by atoms with Crippen molar-refractivity contribution in [2.75, 3.05) is 6.54 Å². The molecule has 0 aliphatic carbocycles. The highest BCUT2D eigenvalue weighted by atomic mass is 32.1. The second kappa shape index (κ2) is 4.64. The van der Waals surface area contributed by atoms with Crippen LogP contribution in [0.1, 0.15) is 40.7 Å². The van der Waals surface area contributed by atoms with Crippen molar-refractivity contribution in [2.45, 2.75) is 45.3 Å². The highest BCUT2D eigenvalue weighted by molar-refractivity contribution is 7.12. The van der Waals surface area contributed by atoms with Crippen LogP contribution in [-0.4, -0.2) is 17.7 Å². The number of aryl methyl sites for hydroxylation is 2. The molecule has 1 aromatic heterocycles. The van der Waals surface area contributed by atoms with Crippen molar-refractivity contribution >= 4 is 11.3 Å². The Balaban J connectivity index is 2.12. The maximum atomic E-state index is 10.3. The van der Waals surface area contributed by atoms with Crippen LogP contribution >= 0.6 is 11.3 Å². The van der Waals surface area contributed by atoms with E-state index in [0.717, 1.165) is 18.5 Å². The summed E-state index contributed by atoms with van der Waals surface area (Å²) in [5.74, 6) is 0. The first kappa shape index (κ1) is 11.1. The van der Waals surface area contributed by atoms with Crippen LogP contribution in [-0.2, 0) is 0 Å². The van der Waals surface area contributed by atoms with Crippen LogP contribution in [0.5, 0.6) is 0 Å². The van der Waals surface area contributed by atoms with Crippen molar-refractivity contribution in [1.29, 1.82) is 0 Å². The molecule has 0 saturated carbocycles. The van der Waals surface area contributed by atoms with Gasteiger partial charge in [-0.3, -0.25) is 0 Å². The summed E-state index contributed by atoms with van der Waals surface area (Å²) < 4.78 is 0. The van der Waals surface area contributed by atoms with E-state index >= 15 is 0 Å². The number of rotatable bonds is 2. The molecule has 2 unspecified atom stereocenters. The highest BCUT2D eigenvalue weighted by Crippen LogP contribution is 2.30. The van der Waals surface area contributed by atoms with Gasteiger partial charge in [-0.05, 0) is 44.9 Å². The molecule has 2 nitrogen and oxygen atoms in total. The third kappa shape index (κ3) is 2.41. The lowest BCUT2D eigenvalue weighted by Gasteiger charge is -2.28.